The fraction of sp³-hybridized carbons (Fsp3) is 0.450. The zero-order chi connectivity index (χ0) is 19.1. The first-order valence-electron chi connectivity index (χ1n) is 9.28. The molecule has 7 heteroatoms. The molecule has 1 amide bonds. The van der Waals surface area contributed by atoms with Crippen LogP contribution in [0, 0.1) is 6.92 Å². The van der Waals surface area contributed by atoms with Crippen LogP contribution < -0.4 is 0 Å². The van der Waals surface area contributed by atoms with Gasteiger partial charge in [0.05, 0.1) is 6.61 Å². The van der Waals surface area contributed by atoms with Gasteiger partial charge in [-0.3, -0.25) is 9.88 Å². The molecule has 0 saturated carbocycles. The number of piperazine rings is 1. The Morgan fingerprint density at radius 1 is 1.19 bits per heavy atom. The summed E-state index contributed by atoms with van der Waals surface area (Å²) in [6, 6.07) is 10.0. The van der Waals surface area contributed by atoms with E-state index in [0.717, 1.165) is 48.5 Å². The predicted octanol–water partition coefficient (Wildman–Crippen LogP) is 3.43. The van der Waals surface area contributed by atoms with Gasteiger partial charge in [-0.25, -0.2) is 9.78 Å². The van der Waals surface area contributed by atoms with Crippen molar-refractivity contribution in [2.24, 2.45) is 0 Å². The van der Waals surface area contributed by atoms with E-state index in [1.165, 1.54) is 5.56 Å². The lowest BCUT2D eigenvalue weighted by Gasteiger charge is -2.34. The highest BCUT2D eigenvalue weighted by Crippen LogP contribution is 2.16. The van der Waals surface area contributed by atoms with Crippen LogP contribution in [0.2, 0.25) is 0 Å². The molecule has 3 rings (SSSR count). The van der Waals surface area contributed by atoms with E-state index in [4.69, 9.17) is 4.74 Å². The summed E-state index contributed by atoms with van der Waals surface area (Å²) in [7, 11) is 0. The van der Waals surface area contributed by atoms with E-state index >= 15 is 0 Å². The molecule has 0 aliphatic carbocycles. The van der Waals surface area contributed by atoms with Crippen LogP contribution in [0.4, 0.5) is 4.79 Å². The third-order valence-corrected chi connectivity index (χ3v) is 5.32. The Labute approximate surface area is 168 Å². The molecule has 6 nitrogen and oxygen atoms in total. The lowest BCUT2D eigenvalue weighted by atomic mass is 10.2. The Morgan fingerprint density at radius 2 is 2.00 bits per heavy atom. The number of carbonyl (C=O) groups excluding carboxylic acids is 1. The molecule has 1 aliphatic rings. The molecular formula is C20H25BrN4O2. The second kappa shape index (κ2) is 9.80. The minimum atomic E-state index is -0.214. The topological polar surface area (TPSA) is 58.6 Å². The van der Waals surface area contributed by atoms with Crippen LogP contribution in [-0.2, 0) is 17.7 Å². The largest absolute Gasteiger partial charge is 0.449 e. The molecular weight excluding hydrogens is 408 g/mol. The lowest BCUT2D eigenvalue weighted by molar-refractivity contribution is 0.0738. The van der Waals surface area contributed by atoms with Gasteiger partial charge in [0, 0.05) is 50.3 Å². The van der Waals surface area contributed by atoms with Crippen molar-refractivity contribution in [3.8, 4) is 0 Å². The fourth-order valence-electron chi connectivity index (χ4n) is 3.11. The van der Waals surface area contributed by atoms with Crippen molar-refractivity contribution in [2.45, 2.75) is 26.3 Å². The van der Waals surface area contributed by atoms with Crippen LogP contribution in [-0.4, -0.2) is 58.6 Å². The fourth-order valence-corrected chi connectivity index (χ4v) is 3.49. The van der Waals surface area contributed by atoms with Gasteiger partial charge in [0.2, 0.25) is 0 Å². The molecule has 1 fully saturated rings. The quantitative estimate of drug-likeness (QED) is 0.516. The summed E-state index contributed by atoms with van der Waals surface area (Å²) in [5.74, 6) is 0. The second-order valence-corrected chi connectivity index (χ2v) is 7.46. The van der Waals surface area contributed by atoms with Crippen molar-refractivity contribution in [3.05, 3.63) is 58.1 Å². The van der Waals surface area contributed by atoms with Crippen LogP contribution in [0.5, 0.6) is 0 Å². The average Bonchev–Trinajstić information content (AvgIpc) is 2.67. The maximum Gasteiger partial charge on any atom is 0.409 e. The number of amides is 1. The molecule has 0 bridgehead atoms. The minimum Gasteiger partial charge on any atom is -0.449 e. The average molecular weight is 433 g/mol. The Bertz CT molecular complexity index is 763. The second-order valence-electron chi connectivity index (χ2n) is 6.70. The van der Waals surface area contributed by atoms with Gasteiger partial charge in [-0.1, -0.05) is 12.1 Å². The Hall–Kier alpha value is -1.99. The van der Waals surface area contributed by atoms with Crippen molar-refractivity contribution in [3.63, 3.8) is 0 Å². The summed E-state index contributed by atoms with van der Waals surface area (Å²) in [4.78, 5) is 25.1. The number of aryl methyl sites for hydroxylation is 2. The van der Waals surface area contributed by atoms with E-state index in [-0.39, 0.29) is 6.09 Å². The molecule has 3 heterocycles. The Kier molecular flexibility index (Phi) is 7.18. The minimum absolute atomic E-state index is 0.214. The summed E-state index contributed by atoms with van der Waals surface area (Å²) in [5, 5.41) is 0. The zero-order valence-electron chi connectivity index (χ0n) is 15.6. The van der Waals surface area contributed by atoms with Crippen molar-refractivity contribution >= 4 is 22.0 Å². The third kappa shape index (κ3) is 6.01. The molecule has 0 aromatic carbocycles. The monoisotopic (exact) mass is 432 g/mol. The van der Waals surface area contributed by atoms with Gasteiger partial charge in [0.15, 0.2) is 0 Å². The molecule has 0 radical (unpaired) electrons. The summed E-state index contributed by atoms with van der Waals surface area (Å²) in [5.41, 5.74) is 3.22. The number of pyridine rings is 2. The number of carbonyl (C=O) groups is 1. The van der Waals surface area contributed by atoms with E-state index < -0.39 is 0 Å². The normalized spacial score (nSPS) is 15.0. The zero-order valence-corrected chi connectivity index (χ0v) is 17.2. The number of halogens is 1. The predicted molar refractivity (Wildman–Crippen MR) is 107 cm³/mol. The van der Waals surface area contributed by atoms with Crippen molar-refractivity contribution in [1.29, 1.82) is 0 Å². The van der Waals surface area contributed by atoms with Gasteiger partial charge in [-0.05, 0) is 59.5 Å². The van der Waals surface area contributed by atoms with Crippen LogP contribution in [0.1, 0.15) is 23.4 Å². The van der Waals surface area contributed by atoms with Gasteiger partial charge < -0.3 is 9.64 Å². The van der Waals surface area contributed by atoms with Crippen molar-refractivity contribution < 1.29 is 9.53 Å². The van der Waals surface area contributed by atoms with E-state index in [1.807, 2.05) is 31.2 Å². The van der Waals surface area contributed by atoms with Crippen LogP contribution in [0.3, 0.4) is 0 Å². The Morgan fingerprint density at radius 3 is 2.74 bits per heavy atom. The maximum atomic E-state index is 12.2. The number of nitrogens with zero attached hydrogens (tertiary/aromatic N) is 4. The molecule has 2 aromatic rings. The van der Waals surface area contributed by atoms with Crippen LogP contribution in [0.15, 0.2) is 41.1 Å². The third-order valence-electron chi connectivity index (χ3n) is 4.61. The molecule has 0 spiro atoms. The number of hydrogen-bond acceptors (Lipinski definition) is 5. The summed E-state index contributed by atoms with van der Waals surface area (Å²) in [6.45, 7) is 6.30. The first kappa shape index (κ1) is 19.8. The molecule has 0 unspecified atom stereocenters. The molecule has 27 heavy (non-hydrogen) atoms. The molecule has 2 aromatic heterocycles. The SMILES string of the molecule is Cc1cccc(CCCOC(=O)N2CCN(Cc3cccnc3Br)CC2)n1. The van der Waals surface area contributed by atoms with E-state index in [0.29, 0.717) is 19.7 Å². The number of hydrogen-bond donors (Lipinski definition) is 0. The molecule has 0 atom stereocenters. The van der Waals surface area contributed by atoms with Crippen LogP contribution in [0.25, 0.3) is 0 Å². The van der Waals surface area contributed by atoms with Crippen LogP contribution >= 0.6 is 15.9 Å². The van der Waals surface area contributed by atoms with Gasteiger partial charge in [0.1, 0.15) is 4.60 Å². The number of rotatable bonds is 6. The summed E-state index contributed by atoms with van der Waals surface area (Å²) in [6.07, 6.45) is 3.17. The Balaban J connectivity index is 1.35. The summed E-state index contributed by atoms with van der Waals surface area (Å²) < 4.78 is 6.31. The van der Waals surface area contributed by atoms with Gasteiger partial charge in [-0.2, -0.15) is 0 Å². The lowest BCUT2D eigenvalue weighted by Crippen LogP contribution is -2.48. The molecule has 1 saturated heterocycles. The first-order valence-corrected chi connectivity index (χ1v) is 10.1. The van der Waals surface area contributed by atoms with Crippen molar-refractivity contribution in [2.75, 3.05) is 32.8 Å². The van der Waals surface area contributed by atoms with E-state index in [2.05, 4.69) is 36.9 Å². The van der Waals surface area contributed by atoms with Gasteiger partial charge in [0.25, 0.3) is 0 Å². The summed E-state index contributed by atoms with van der Waals surface area (Å²) >= 11 is 3.49. The van der Waals surface area contributed by atoms with Gasteiger partial charge in [-0.15, -0.1) is 0 Å². The maximum absolute atomic E-state index is 12.2. The van der Waals surface area contributed by atoms with Crippen molar-refractivity contribution in [1.82, 2.24) is 19.8 Å². The first-order chi connectivity index (χ1) is 13.1. The van der Waals surface area contributed by atoms with E-state index in [1.54, 1.807) is 11.1 Å². The highest BCUT2D eigenvalue weighted by Gasteiger charge is 2.22. The van der Waals surface area contributed by atoms with Gasteiger partial charge >= 0.3 is 6.09 Å². The standard InChI is InChI=1S/C20H25BrN4O2/c1-16-5-2-7-18(23-16)8-4-14-27-20(26)25-12-10-24(11-13-25)15-17-6-3-9-22-19(17)21/h2-3,5-7,9H,4,8,10-15H2,1H3. The molecule has 0 N–H and O–H groups in total. The highest BCUT2D eigenvalue weighted by atomic mass is 79.9. The number of ether oxygens (including phenoxy) is 1. The molecule has 1 aliphatic heterocycles. The molecule has 144 valence electrons. The van der Waals surface area contributed by atoms with E-state index in [9.17, 15) is 4.79 Å². The smallest absolute Gasteiger partial charge is 0.409 e. The highest BCUT2D eigenvalue weighted by molar-refractivity contribution is 9.10. The number of aromatic nitrogens is 2.